The summed E-state index contributed by atoms with van der Waals surface area (Å²) in [5, 5.41) is 5.11. The van der Waals surface area contributed by atoms with Crippen molar-refractivity contribution in [2.45, 2.75) is 17.7 Å². The summed E-state index contributed by atoms with van der Waals surface area (Å²) in [4.78, 5) is 0. The number of nitrogens with zero attached hydrogens (tertiary/aromatic N) is 2. The standard InChI is InChI=1S/C10H13N3OS/c1-7-3-4-14-9(7)6-15-10-8(11)5-13(2)12-10/h3-5H,6,11H2,1-2H3. The molecule has 80 valence electrons. The highest BCUT2D eigenvalue weighted by atomic mass is 32.2. The van der Waals surface area contributed by atoms with Gasteiger partial charge in [-0.05, 0) is 18.6 Å². The predicted octanol–water partition coefficient (Wildman–Crippen LogP) is 2.20. The van der Waals surface area contributed by atoms with Gasteiger partial charge in [-0.1, -0.05) is 11.8 Å². The number of thioether (sulfide) groups is 1. The number of aromatic nitrogens is 2. The average Bonchev–Trinajstić information content (AvgIpc) is 2.70. The maximum absolute atomic E-state index is 5.78. The first-order chi connectivity index (χ1) is 7.16. The summed E-state index contributed by atoms with van der Waals surface area (Å²) in [5.74, 6) is 1.74. The van der Waals surface area contributed by atoms with E-state index >= 15 is 0 Å². The third-order valence-electron chi connectivity index (χ3n) is 2.13. The van der Waals surface area contributed by atoms with Crippen LogP contribution in [-0.4, -0.2) is 9.78 Å². The molecule has 0 bridgehead atoms. The Morgan fingerprint density at radius 2 is 2.40 bits per heavy atom. The van der Waals surface area contributed by atoms with Crippen molar-refractivity contribution in [2.24, 2.45) is 7.05 Å². The molecule has 2 aromatic heterocycles. The minimum Gasteiger partial charge on any atom is -0.468 e. The van der Waals surface area contributed by atoms with Crippen LogP contribution in [0, 0.1) is 6.92 Å². The fourth-order valence-corrected chi connectivity index (χ4v) is 2.25. The molecule has 0 atom stereocenters. The summed E-state index contributed by atoms with van der Waals surface area (Å²) < 4.78 is 7.05. The van der Waals surface area contributed by atoms with Gasteiger partial charge in [0.15, 0.2) is 0 Å². The number of aryl methyl sites for hydroxylation is 2. The average molecular weight is 223 g/mol. The van der Waals surface area contributed by atoms with E-state index in [4.69, 9.17) is 10.2 Å². The second-order valence-electron chi connectivity index (χ2n) is 3.38. The van der Waals surface area contributed by atoms with Crippen LogP contribution in [0.5, 0.6) is 0 Å². The van der Waals surface area contributed by atoms with E-state index in [1.54, 1.807) is 28.9 Å². The van der Waals surface area contributed by atoms with E-state index in [1.165, 1.54) is 0 Å². The lowest BCUT2D eigenvalue weighted by atomic mass is 10.3. The predicted molar refractivity (Wildman–Crippen MR) is 60.6 cm³/mol. The quantitative estimate of drug-likeness (QED) is 0.810. The maximum Gasteiger partial charge on any atom is 0.142 e. The van der Waals surface area contributed by atoms with E-state index in [1.807, 2.05) is 20.0 Å². The molecule has 0 amide bonds. The molecule has 15 heavy (non-hydrogen) atoms. The largest absolute Gasteiger partial charge is 0.468 e. The van der Waals surface area contributed by atoms with Crippen molar-refractivity contribution in [2.75, 3.05) is 5.73 Å². The smallest absolute Gasteiger partial charge is 0.142 e. The number of hydrogen-bond donors (Lipinski definition) is 1. The van der Waals surface area contributed by atoms with E-state index < -0.39 is 0 Å². The summed E-state index contributed by atoms with van der Waals surface area (Å²) in [5.41, 5.74) is 7.66. The third-order valence-corrected chi connectivity index (χ3v) is 3.13. The van der Waals surface area contributed by atoms with Crippen LogP contribution in [0.4, 0.5) is 5.69 Å². The molecule has 5 heteroatoms. The van der Waals surface area contributed by atoms with Gasteiger partial charge in [-0.25, -0.2) is 0 Å². The molecule has 0 spiro atoms. The van der Waals surface area contributed by atoms with E-state index in [9.17, 15) is 0 Å². The van der Waals surface area contributed by atoms with Crippen LogP contribution in [0.15, 0.2) is 28.0 Å². The van der Waals surface area contributed by atoms with Gasteiger partial charge in [0.1, 0.15) is 10.8 Å². The van der Waals surface area contributed by atoms with Gasteiger partial charge in [0.05, 0.1) is 17.7 Å². The molecule has 0 aliphatic carbocycles. The first-order valence-electron chi connectivity index (χ1n) is 4.61. The molecule has 0 saturated heterocycles. The Bertz CT molecular complexity index is 461. The molecule has 0 aliphatic rings. The summed E-state index contributed by atoms with van der Waals surface area (Å²) in [6.45, 7) is 2.03. The van der Waals surface area contributed by atoms with Gasteiger partial charge in [0, 0.05) is 13.2 Å². The molecule has 2 heterocycles. The van der Waals surface area contributed by atoms with E-state index in [0.717, 1.165) is 22.1 Å². The Labute approximate surface area is 92.4 Å². The van der Waals surface area contributed by atoms with Crippen molar-refractivity contribution in [3.63, 3.8) is 0 Å². The van der Waals surface area contributed by atoms with Crippen LogP contribution in [0.1, 0.15) is 11.3 Å². The molecule has 2 rings (SSSR count). The van der Waals surface area contributed by atoms with Crippen LogP contribution in [0.25, 0.3) is 0 Å². The van der Waals surface area contributed by atoms with E-state index in [-0.39, 0.29) is 0 Å². The Hall–Kier alpha value is -1.36. The second-order valence-corrected chi connectivity index (χ2v) is 4.34. The summed E-state index contributed by atoms with van der Waals surface area (Å²) in [7, 11) is 1.86. The van der Waals surface area contributed by atoms with Crippen molar-refractivity contribution < 1.29 is 4.42 Å². The minimum absolute atomic E-state index is 0.715. The summed E-state index contributed by atoms with van der Waals surface area (Å²) in [6.07, 6.45) is 3.50. The topological polar surface area (TPSA) is 57.0 Å². The summed E-state index contributed by atoms with van der Waals surface area (Å²) >= 11 is 1.59. The zero-order valence-electron chi connectivity index (χ0n) is 8.73. The lowest BCUT2D eigenvalue weighted by molar-refractivity contribution is 0.527. The lowest BCUT2D eigenvalue weighted by Gasteiger charge is -1.97. The number of furan rings is 1. The van der Waals surface area contributed by atoms with E-state index in [0.29, 0.717) is 5.69 Å². The Balaban J connectivity index is 2.05. The molecule has 0 radical (unpaired) electrons. The normalized spacial score (nSPS) is 10.8. The van der Waals surface area contributed by atoms with Gasteiger partial charge in [0.2, 0.25) is 0 Å². The van der Waals surface area contributed by atoms with Gasteiger partial charge >= 0.3 is 0 Å². The monoisotopic (exact) mass is 223 g/mol. The highest BCUT2D eigenvalue weighted by Crippen LogP contribution is 2.27. The van der Waals surface area contributed by atoms with Crippen molar-refractivity contribution in [1.82, 2.24) is 9.78 Å². The van der Waals surface area contributed by atoms with Crippen LogP contribution >= 0.6 is 11.8 Å². The fourth-order valence-electron chi connectivity index (χ4n) is 1.28. The van der Waals surface area contributed by atoms with Crippen molar-refractivity contribution in [3.8, 4) is 0 Å². The molecule has 0 aliphatic heterocycles. The highest BCUT2D eigenvalue weighted by molar-refractivity contribution is 7.98. The Kier molecular flexibility index (Phi) is 2.73. The van der Waals surface area contributed by atoms with Crippen molar-refractivity contribution >= 4 is 17.4 Å². The van der Waals surface area contributed by atoms with Crippen LogP contribution < -0.4 is 5.73 Å². The van der Waals surface area contributed by atoms with Gasteiger partial charge in [-0.15, -0.1) is 0 Å². The molecular formula is C10H13N3OS. The zero-order valence-corrected chi connectivity index (χ0v) is 9.54. The maximum atomic E-state index is 5.78. The Morgan fingerprint density at radius 3 is 2.93 bits per heavy atom. The van der Waals surface area contributed by atoms with Crippen molar-refractivity contribution in [1.29, 1.82) is 0 Å². The molecule has 2 aromatic rings. The fraction of sp³-hybridized carbons (Fsp3) is 0.300. The Morgan fingerprint density at radius 1 is 1.60 bits per heavy atom. The molecule has 0 unspecified atom stereocenters. The van der Waals surface area contributed by atoms with Gasteiger partial charge in [-0.2, -0.15) is 5.10 Å². The lowest BCUT2D eigenvalue weighted by Crippen LogP contribution is -1.87. The molecule has 0 saturated carbocycles. The van der Waals surface area contributed by atoms with Gasteiger partial charge in [-0.3, -0.25) is 4.68 Å². The minimum atomic E-state index is 0.715. The van der Waals surface area contributed by atoms with Crippen LogP contribution in [-0.2, 0) is 12.8 Å². The number of hydrogen-bond acceptors (Lipinski definition) is 4. The zero-order chi connectivity index (χ0) is 10.8. The molecular weight excluding hydrogens is 210 g/mol. The van der Waals surface area contributed by atoms with Gasteiger partial charge in [0.25, 0.3) is 0 Å². The molecule has 4 nitrogen and oxygen atoms in total. The number of anilines is 1. The van der Waals surface area contributed by atoms with Crippen LogP contribution in [0.3, 0.4) is 0 Å². The third kappa shape index (κ3) is 2.18. The first-order valence-corrected chi connectivity index (χ1v) is 5.60. The highest BCUT2D eigenvalue weighted by Gasteiger charge is 2.08. The summed E-state index contributed by atoms with van der Waals surface area (Å²) in [6, 6.07) is 1.96. The number of nitrogens with two attached hydrogens (primary N) is 1. The molecule has 2 N–H and O–H groups in total. The number of nitrogen functional groups attached to an aromatic ring is 1. The SMILES string of the molecule is Cc1ccoc1CSc1nn(C)cc1N. The van der Waals surface area contributed by atoms with Crippen LogP contribution in [0.2, 0.25) is 0 Å². The van der Waals surface area contributed by atoms with Gasteiger partial charge < -0.3 is 10.2 Å². The van der Waals surface area contributed by atoms with E-state index in [2.05, 4.69) is 5.10 Å². The second kappa shape index (κ2) is 4.02. The first kappa shape index (κ1) is 10.2. The van der Waals surface area contributed by atoms with Crippen molar-refractivity contribution in [3.05, 3.63) is 29.9 Å². The molecule has 0 fully saturated rings. The molecule has 0 aromatic carbocycles. The number of rotatable bonds is 3.